The molecular weight excluding hydrogens is 437 g/mol. The fraction of sp³-hybridized carbons (Fsp3) is 0.304. The Labute approximate surface area is 187 Å². The van der Waals surface area contributed by atoms with Gasteiger partial charge in [0.05, 0.1) is 12.2 Å². The van der Waals surface area contributed by atoms with E-state index in [-0.39, 0.29) is 31.1 Å². The molecule has 0 saturated heterocycles. The van der Waals surface area contributed by atoms with E-state index in [1.54, 1.807) is 30.3 Å². The van der Waals surface area contributed by atoms with Gasteiger partial charge in [-0.2, -0.15) is 18.3 Å². The lowest BCUT2D eigenvalue weighted by Gasteiger charge is -2.34. The zero-order valence-electron chi connectivity index (χ0n) is 17.6. The molecule has 5 rings (SSSR count). The second-order valence-electron chi connectivity index (χ2n) is 8.12. The molecule has 0 bridgehead atoms. The third-order valence-corrected chi connectivity index (χ3v) is 5.85. The fourth-order valence-corrected chi connectivity index (χ4v) is 4.07. The maximum atomic E-state index is 13.9. The van der Waals surface area contributed by atoms with Gasteiger partial charge in [-0.1, -0.05) is 35.9 Å². The molecule has 0 fully saturated rings. The van der Waals surface area contributed by atoms with Gasteiger partial charge in [-0.25, -0.2) is 4.68 Å². The monoisotopic (exact) mass is 458 g/mol. The van der Waals surface area contributed by atoms with Crippen LogP contribution < -0.4 is 20.1 Å². The van der Waals surface area contributed by atoms with Crippen molar-refractivity contribution in [2.24, 2.45) is 0 Å². The number of nitrogens with zero attached hydrogens (tertiary/aromatic N) is 2. The number of amides is 1. The van der Waals surface area contributed by atoms with Crippen molar-refractivity contribution >= 4 is 11.7 Å². The van der Waals surface area contributed by atoms with Crippen LogP contribution in [0.2, 0.25) is 0 Å². The van der Waals surface area contributed by atoms with Crippen molar-refractivity contribution in [2.75, 3.05) is 12.1 Å². The summed E-state index contributed by atoms with van der Waals surface area (Å²) >= 11 is 0. The van der Waals surface area contributed by atoms with Gasteiger partial charge in [0.1, 0.15) is 11.4 Å². The number of aromatic nitrogens is 2. The molecule has 2 aliphatic rings. The predicted molar refractivity (Wildman–Crippen MR) is 113 cm³/mol. The van der Waals surface area contributed by atoms with E-state index in [4.69, 9.17) is 9.47 Å². The molecule has 0 spiro atoms. The number of anilines is 1. The Morgan fingerprint density at radius 1 is 1.18 bits per heavy atom. The molecular formula is C23H21F3N4O3. The maximum Gasteiger partial charge on any atom is 0.410 e. The summed E-state index contributed by atoms with van der Waals surface area (Å²) in [6, 6.07) is 10.1. The third-order valence-electron chi connectivity index (χ3n) is 5.85. The van der Waals surface area contributed by atoms with Crippen LogP contribution in [0.1, 0.15) is 45.6 Å². The molecule has 1 aromatic heterocycles. The lowest BCUT2D eigenvalue weighted by atomic mass is 9.96. The molecule has 10 heteroatoms. The Bertz CT molecular complexity index is 1190. The predicted octanol–water partition coefficient (Wildman–Crippen LogP) is 4.51. The fourth-order valence-electron chi connectivity index (χ4n) is 4.07. The first-order valence-corrected chi connectivity index (χ1v) is 10.4. The normalized spacial score (nSPS) is 19.0. The molecule has 0 radical (unpaired) electrons. The highest BCUT2D eigenvalue weighted by molar-refractivity contribution is 5.98. The molecule has 2 aromatic carbocycles. The molecule has 2 atom stereocenters. The summed E-state index contributed by atoms with van der Waals surface area (Å²) in [7, 11) is 0. The molecule has 0 aliphatic carbocycles. The molecule has 2 aliphatic heterocycles. The molecule has 2 N–H and O–H groups in total. The van der Waals surface area contributed by atoms with Crippen LogP contribution in [0, 0.1) is 6.92 Å². The number of fused-ring (bicyclic) bond motifs is 2. The number of carbonyl (C=O) groups excluding carboxylic acids is 1. The van der Waals surface area contributed by atoms with E-state index in [1.807, 2.05) is 19.1 Å². The minimum Gasteiger partial charge on any atom is -0.454 e. The number of benzene rings is 2. The minimum absolute atomic E-state index is 0.0531. The lowest BCUT2D eigenvalue weighted by Crippen LogP contribution is -2.36. The van der Waals surface area contributed by atoms with Crippen molar-refractivity contribution < 1.29 is 27.4 Å². The molecule has 7 nitrogen and oxygen atoms in total. The summed E-state index contributed by atoms with van der Waals surface area (Å²) in [5.74, 6) is 0.741. The first-order chi connectivity index (χ1) is 15.8. The molecule has 172 valence electrons. The largest absolute Gasteiger partial charge is 0.454 e. The van der Waals surface area contributed by atoms with Crippen molar-refractivity contribution in [1.82, 2.24) is 15.1 Å². The lowest BCUT2D eigenvalue weighted by molar-refractivity contribution is -0.173. The number of hydrogen-bond acceptors (Lipinski definition) is 5. The number of alkyl halides is 3. The molecule has 33 heavy (non-hydrogen) atoms. The topological polar surface area (TPSA) is 77.4 Å². The molecule has 3 aromatic rings. The van der Waals surface area contributed by atoms with E-state index < -0.39 is 24.2 Å². The molecule has 0 unspecified atom stereocenters. The van der Waals surface area contributed by atoms with Crippen LogP contribution in [-0.4, -0.2) is 28.7 Å². The van der Waals surface area contributed by atoms with E-state index in [0.29, 0.717) is 17.1 Å². The second-order valence-corrected chi connectivity index (χ2v) is 8.12. The Morgan fingerprint density at radius 3 is 2.70 bits per heavy atom. The van der Waals surface area contributed by atoms with E-state index in [2.05, 4.69) is 15.7 Å². The highest BCUT2D eigenvalue weighted by Gasteiger charge is 2.47. The Kier molecular flexibility index (Phi) is 5.15. The Hall–Kier alpha value is -3.69. The van der Waals surface area contributed by atoms with Crippen LogP contribution in [0.3, 0.4) is 0 Å². The van der Waals surface area contributed by atoms with E-state index in [1.165, 1.54) is 6.20 Å². The third kappa shape index (κ3) is 4.08. The summed E-state index contributed by atoms with van der Waals surface area (Å²) in [5, 5.41) is 9.75. The highest BCUT2D eigenvalue weighted by atomic mass is 19.4. The number of hydrogen-bond donors (Lipinski definition) is 2. The van der Waals surface area contributed by atoms with E-state index >= 15 is 0 Å². The van der Waals surface area contributed by atoms with E-state index in [0.717, 1.165) is 15.8 Å². The van der Waals surface area contributed by atoms with E-state index in [9.17, 15) is 18.0 Å². The van der Waals surface area contributed by atoms with Crippen LogP contribution in [-0.2, 0) is 6.54 Å². The molecule has 1 amide bonds. The number of aryl methyl sites for hydroxylation is 1. The standard InChI is InChI=1S/C23H21F3N4O3/c1-13-2-5-15(6-3-13)17-9-20(23(24,25)26)30-21(29-17)16(11-28-30)22(31)27-10-14-4-7-18-19(8-14)33-12-32-18/h2-8,11,17,20,29H,9-10,12H2,1H3,(H,27,31)/t17-,20-/m1/s1. The van der Waals surface area contributed by atoms with Gasteiger partial charge < -0.3 is 20.1 Å². The van der Waals surface area contributed by atoms with Gasteiger partial charge in [0.15, 0.2) is 17.5 Å². The van der Waals surface area contributed by atoms with Gasteiger partial charge in [0.25, 0.3) is 5.91 Å². The zero-order valence-corrected chi connectivity index (χ0v) is 17.6. The zero-order chi connectivity index (χ0) is 23.2. The van der Waals surface area contributed by atoms with Crippen molar-refractivity contribution in [3.05, 3.63) is 70.9 Å². The number of rotatable bonds is 4. The molecule has 3 heterocycles. The summed E-state index contributed by atoms with van der Waals surface area (Å²) < 4.78 is 53.0. The number of halogens is 3. The van der Waals surface area contributed by atoms with Crippen LogP contribution in [0.15, 0.2) is 48.7 Å². The summed E-state index contributed by atoms with van der Waals surface area (Å²) in [6.45, 7) is 2.22. The minimum atomic E-state index is -4.51. The number of carbonyl (C=O) groups is 1. The molecule has 0 saturated carbocycles. The SMILES string of the molecule is Cc1ccc([C@H]2C[C@H](C(F)(F)F)n3ncc(C(=O)NCc4ccc5c(c4)OCO5)c3N2)cc1. The van der Waals surface area contributed by atoms with Crippen molar-refractivity contribution in [3.8, 4) is 11.5 Å². The average molecular weight is 458 g/mol. The van der Waals surface area contributed by atoms with Gasteiger partial charge in [-0.05, 0) is 30.2 Å². The smallest absolute Gasteiger partial charge is 0.410 e. The summed E-state index contributed by atoms with van der Waals surface area (Å²) in [6.07, 6.45) is -3.56. The maximum absolute atomic E-state index is 13.9. The van der Waals surface area contributed by atoms with Gasteiger partial charge in [0.2, 0.25) is 6.79 Å². The van der Waals surface area contributed by atoms with Crippen molar-refractivity contribution in [3.63, 3.8) is 0 Å². The number of ether oxygens (including phenoxy) is 2. The van der Waals surface area contributed by atoms with Crippen molar-refractivity contribution in [2.45, 2.75) is 38.1 Å². The first-order valence-electron chi connectivity index (χ1n) is 10.4. The Morgan fingerprint density at radius 2 is 1.94 bits per heavy atom. The highest BCUT2D eigenvalue weighted by Crippen LogP contribution is 2.44. The van der Waals surface area contributed by atoms with Crippen LogP contribution in [0.5, 0.6) is 11.5 Å². The quantitative estimate of drug-likeness (QED) is 0.602. The van der Waals surface area contributed by atoms with Gasteiger partial charge >= 0.3 is 6.18 Å². The first kappa shape index (κ1) is 21.2. The van der Waals surface area contributed by atoms with Crippen LogP contribution >= 0.6 is 0 Å². The summed E-state index contributed by atoms with van der Waals surface area (Å²) in [4.78, 5) is 12.9. The van der Waals surface area contributed by atoms with Crippen LogP contribution in [0.4, 0.5) is 19.0 Å². The van der Waals surface area contributed by atoms with Gasteiger partial charge in [-0.3, -0.25) is 4.79 Å². The average Bonchev–Trinajstić information content (AvgIpc) is 3.43. The van der Waals surface area contributed by atoms with Crippen molar-refractivity contribution in [1.29, 1.82) is 0 Å². The van der Waals surface area contributed by atoms with Crippen LogP contribution in [0.25, 0.3) is 0 Å². The summed E-state index contributed by atoms with van der Waals surface area (Å²) in [5.41, 5.74) is 2.55. The number of nitrogens with one attached hydrogen (secondary N) is 2. The van der Waals surface area contributed by atoms with Gasteiger partial charge in [0, 0.05) is 13.0 Å². The second kappa shape index (κ2) is 8.02. The Balaban J connectivity index is 1.39. The van der Waals surface area contributed by atoms with Gasteiger partial charge in [-0.15, -0.1) is 0 Å².